The number of carbonyl (C=O) groups excluding carboxylic acids is 1. The van der Waals surface area contributed by atoms with Crippen molar-refractivity contribution in [2.24, 2.45) is 5.92 Å². The van der Waals surface area contributed by atoms with Crippen molar-refractivity contribution >= 4 is 12.0 Å². The zero-order valence-electron chi connectivity index (χ0n) is 13.5. The van der Waals surface area contributed by atoms with Gasteiger partial charge in [0.25, 0.3) is 0 Å². The first-order valence-corrected chi connectivity index (χ1v) is 7.95. The first-order chi connectivity index (χ1) is 9.96. The summed E-state index contributed by atoms with van der Waals surface area (Å²) in [5.41, 5.74) is 0. The zero-order chi connectivity index (χ0) is 15.8. The maximum Gasteiger partial charge on any atom is 0.317 e. The fourth-order valence-electron chi connectivity index (χ4n) is 2.65. The molecule has 2 amide bonds. The number of nitrogens with one attached hydrogen (secondary N) is 1. The Morgan fingerprint density at radius 1 is 1.33 bits per heavy atom. The van der Waals surface area contributed by atoms with Crippen LogP contribution in [-0.4, -0.2) is 65.7 Å². The molecule has 21 heavy (non-hydrogen) atoms. The average Bonchev–Trinajstić information content (AvgIpc) is 2.38. The highest BCUT2D eigenvalue weighted by atomic mass is 16.4. The van der Waals surface area contributed by atoms with Gasteiger partial charge in [-0.3, -0.25) is 4.79 Å². The van der Waals surface area contributed by atoms with Gasteiger partial charge in [-0.2, -0.15) is 0 Å². The van der Waals surface area contributed by atoms with Crippen LogP contribution in [0.4, 0.5) is 4.79 Å². The molecule has 1 aliphatic rings. The largest absolute Gasteiger partial charge is 0.481 e. The highest BCUT2D eigenvalue weighted by Gasteiger charge is 2.32. The molecule has 1 fully saturated rings. The number of rotatable bonds is 9. The van der Waals surface area contributed by atoms with Crippen LogP contribution in [0, 0.1) is 5.92 Å². The van der Waals surface area contributed by atoms with Gasteiger partial charge in [0.05, 0.1) is 6.42 Å². The summed E-state index contributed by atoms with van der Waals surface area (Å²) in [5, 5.41) is 11.7. The number of amides is 2. The topological polar surface area (TPSA) is 72.9 Å². The maximum atomic E-state index is 11.9. The number of nitrogens with zero attached hydrogens (tertiary/aromatic N) is 2. The quantitative estimate of drug-likeness (QED) is 0.678. The number of likely N-dealkylation sites (tertiary alicyclic amines) is 1. The standard InChI is InChI=1S/C15H29N3O3/c1-4-17(5-2)8-6-7-12(3)16-15(21)18-10-13(11-18)9-14(19)20/h12-13H,4-11H2,1-3H3,(H,16,21)(H,19,20). The van der Waals surface area contributed by atoms with Crippen LogP contribution < -0.4 is 5.32 Å². The smallest absolute Gasteiger partial charge is 0.317 e. The highest BCUT2D eigenvalue weighted by Crippen LogP contribution is 2.19. The zero-order valence-corrected chi connectivity index (χ0v) is 13.5. The van der Waals surface area contributed by atoms with Gasteiger partial charge in [0.15, 0.2) is 0 Å². The fourth-order valence-corrected chi connectivity index (χ4v) is 2.65. The maximum absolute atomic E-state index is 11.9. The van der Waals surface area contributed by atoms with Crippen LogP contribution in [0.25, 0.3) is 0 Å². The van der Waals surface area contributed by atoms with Gasteiger partial charge in [0.2, 0.25) is 0 Å². The van der Waals surface area contributed by atoms with Gasteiger partial charge in [-0.1, -0.05) is 13.8 Å². The second kappa shape index (κ2) is 8.87. The minimum absolute atomic E-state index is 0.0630. The molecule has 0 saturated carbocycles. The van der Waals surface area contributed by atoms with E-state index >= 15 is 0 Å². The van der Waals surface area contributed by atoms with Gasteiger partial charge in [0.1, 0.15) is 0 Å². The predicted molar refractivity (Wildman–Crippen MR) is 82.3 cm³/mol. The number of urea groups is 1. The summed E-state index contributed by atoms with van der Waals surface area (Å²) in [6.45, 7) is 10.7. The monoisotopic (exact) mass is 299 g/mol. The Bertz CT molecular complexity index is 339. The Morgan fingerprint density at radius 2 is 1.95 bits per heavy atom. The number of aliphatic carboxylic acids is 1. The minimum Gasteiger partial charge on any atom is -0.481 e. The summed E-state index contributed by atoms with van der Waals surface area (Å²) >= 11 is 0. The lowest BCUT2D eigenvalue weighted by molar-refractivity contribution is -0.139. The Labute approximate surface area is 127 Å². The van der Waals surface area contributed by atoms with E-state index in [2.05, 4.69) is 24.1 Å². The third kappa shape index (κ3) is 6.33. The first-order valence-electron chi connectivity index (χ1n) is 7.95. The molecular weight excluding hydrogens is 270 g/mol. The lowest BCUT2D eigenvalue weighted by Gasteiger charge is -2.39. The molecule has 0 bridgehead atoms. The average molecular weight is 299 g/mol. The van der Waals surface area contributed by atoms with Crippen LogP contribution in [0.1, 0.15) is 40.0 Å². The normalized spacial score (nSPS) is 16.7. The second-order valence-corrected chi connectivity index (χ2v) is 5.89. The SMILES string of the molecule is CCN(CC)CCCC(C)NC(=O)N1CC(CC(=O)O)C1. The van der Waals surface area contributed by atoms with Crippen molar-refractivity contribution < 1.29 is 14.7 Å². The van der Waals surface area contributed by atoms with Crippen molar-refractivity contribution in [3.8, 4) is 0 Å². The number of hydrogen-bond acceptors (Lipinski definition) is 3. The predicted octanol–water partition coefficient (Wildman–Crippen LogP) is 1.61. The van der Waals surface area contributed by atoms with E-state index in [0.29, 0.717) is 13.1 Å². The van der Waals surface area contributed by atoms with Gasteiger partial charge >= 0.3 is 12.0 Å². The van der Waals surface area contributed by atoms with E-state index < -0.39 is 5.97 Å². The van der Waals surface area contributed by atoms with Crippen LogP contribution in [0.15, 0.2) is 0 Å². The molecule has 0 aromatic carbocycles. The van der Waals surface area contributed by atoms with E-state index in [4.69, 9.17) is 5.11 Å². The minimum atomic E-state index is -0.787. The summed E-state index contributed by atoms with van der Waals surface area (Å²) in [5.74, 6) is -0.670. The van der Waals surface area contributed by atoms with Gasteiger partial charge in [-0.25, -0.2) is 4.79 Å². The summed E-state index contributed by atoms with van der Waals surface area (Å²) < 4.78 is 0. The van der Waals surface area contributed by atoms with Crippen molar-refractivity contribution in [3.05, 3.63) is 0 Å². The molecular formula is C15H29N3O3. The lowest BCUT2D eigenvalue weighted by atomic mass is 9.97. The van der Waals surface area contributed by atoms with Crippen LogP contribution >= 0.6 is 0 Å². The summed E-state index contributed by atoms with van der Waals surface area (Å²) in [6.07, 6.45) is 2.20. The molecule has 0 aromatic heterocycles. The number of hydrogen-bond donors (Lipinski definition) is 2. The van der Waals surface area contributed by atoms with Crippen LogP contribution in [0.3, 0.4) is 0 Å². The first kappa shape index (κ1) is 17.8. The number of carboxylic acids is 1. The van der Waals surface area contributed by atoms with E-state index in [9.17, 15) is 9.59 Å². The molecule has 0 radical (unpaired) electrons. The van der Waals surface area contributed by atoms with E-state index in [0.717, 1.165) is 32.5 Å². The van der Waals surface area contributed by atoms with Crippen LogP contribution in [0.5, 0.6) is 0 Å². The molecule has 1 unspecified atom stereocenters. The van der Waals surface area contributed by atoms with E-state index in [1.807, 2.05) is 6.92 Å². The van der Waals surface area contributed by atoms with Gasteiger partial charge < -0.3 is 20.2 Å². The molecule has 2 N–H and O–H groups in total. The molecule has 0 aromatic rings. The van der Waals surface area contributed by atoms with Crippen molar-refractivity contribution in [2.75, 3.05) is 32.7 Å². The van der Waals surface area contributed by atoms with E-state index in [1.165, 1.54) is 0 Å². The van der Waals surface area contributed by atoms with Crippen LogP contribution in [0.2, 0.25) is 0 Å². The molecule has 1 rings (SSSR count). The van der Waals surface area contributed by atoms with Gasteiger partial charge in [-0.15, -0.1) is 0 Å². The van der Waals surface area contributed by atoms with Crippen molar-refractivity contribution in [2.45, 2.75) is 46.1 Å². The number of carbonyl (C=O) groups is 2. The molecule has 0 spiro atoms. The summed E-state index contributed by atoms with van der Waals surface area (Å²) in [6, 6.07) is 0.0959. The molecule has 1 saturated heterocycles. The highest BCUT2D eigenvalue weighted by molar-refractivity contribution is 5.76. The van der Waals surface area contributed by atoms with Gasteiger partial charge in [0, 0.05) is 25.0 Å². The van der Waals surface area contributed by atoms with Crippen molar-refractivity contribution in [1.29, 1.82) is 0 Å². The Kier molecular flexibility index (Phi) is 7.50. The summed E-state index contributed by atoms with van der Waals surface area (Å²) in [7, 11) is 0. The van der Waals surface area contributed by atoms with Crippen molar-refractivity contribution in [3.63, 3.8) is 0 Å². The van der Waals surface area contributed by atoms with Crippen LogP contribution in [-0.2, 0) is 4.79 Å². The third-order valence-corrected chi connectivity index (χ3v) is 4.08. The Balaban J connectivity index is 2.13. The Morgan fingerprint density at radius 3 is 2.48 bits per heavy atom. The molecule has 1 atom stereocenters. The van der Waals surface area contributed by atoms with E-state index in [1.54, 1.807) is 4.90 Å². The number of carboxylic acid groups (broad SMARTS) is 1. The van der Waals surface area contributed by atoms with Gasteiger partial charge in [-0.05, 0) is 39.4 Å². The molecule has 122 valence electrons. The molecule has 1 aliphatic heterocycles. The molecule has 1 heterocycles. The second-order valence-electron chi connectivity index (χ2n) is 5.89. The third-order valence-electron chi connectivity index (χ3n) is 4.08. The van der Waals surface area contributed by atoms with E-state index in [-0.39, 0.29) is 24.4 Å². The van der Waals surface area contributed by atoms with Crippen molar-refractivity contribution in [1.82, 2.24) is 15.1 Å². The Hall–Kier alpha value is -1.30. The molecule has 6 heteroatoms. The lowest BCUT2D eigenvalue weighted by Crippen LogP contribution is -2.55. The molecule has 6 nitrogen and oxygen atoms in total. The summed E-state index contributed by atoms with van der Waals surface area (Å²) in [4.78, 5) is 26.6. The molecule has 0 aliphatic carbocycles. The fraction of sp³-hybridized carbons (Fsp3) is 0.867.